The van der Waals surface area contributed by atoms with Crippen LogP contribution in [-0.2, 0) is 4.74 Å². The molecule has 0 atom stereocenters. The summed E-state index contributed by atoms with van der Waals surface area (Å²) in [7, 11) is 0. The highest BCUT2D eigenvalue weighted by atomic mass is 16.6. The molecule has 0 heterocycles. The maximum Gasteiger partial charge on any atom is 0.342 e. The van der Waals surface area contributed by atoms with Crippen LogP contribution in [0.25, 0.3) is 0 Å². The van der Waals surface area contributed by atoms with Crippen molar-refractivity contribution in [1.82, 2.24) is 0 Å². The molecule has 20 heavy (non-hydrogen) atoms. The standard InChI is InChI=1S/C17H22O3/c1-12(2)13-8-10-17(3,11-9-13)20-16(19)14-6-4-5-7-15(14)18/h4-7,18H,8-11H2,1-3H3. The van der Waals surface area contributed by atoms with Crippen molar-refractivity contribution >= 4 is 5.97 Å². The van der Waals surface area contributed by atoms with E-state index < -0.39 is 11.6 Å². The van der Waals surface area contributed by atoms with Gasteiger partial charge in [-0.3, -0.25) is 0 Å². The highest BCUT2D eigenvalue weighted by Gasteiger charge is 2.33. The summed E-state index contributed by atoms with van der Waals surface area (Å²) in [6, 6.07) is 6.50. The van der Waals surface area contributed by atoms with Gasteiger partial charge in [0.2, 0.25) is 0 Å². The zero-order valence-electron chi connectivity index (χ0n) is 12.4. The Morgan fingerprint density at radius 3 is 2.35 bits per heavy atom. The van der Waals surface area contributed by atoms with Crippen LogP contribution in [0.2, 0.25) is 0 Å². The Bertz CT molecular complexity index is 529. The van der Waals surface area contributed by atoms with E-state index in [2.05, 4.69) is 13.8 Å². The maximum absolute atomic E-state index is 12.2. The van der Waals surface area contributed by atoms with Gasteiger partial charge in [0, 0.05) is 0 Å². The highest BCUT2D eigenvalue weighted by Crippen LogP contribution is 2.36. The molecule has 0 aliphatic heterocycles. The van der Waals surface area contributed by atoms with Gasteiger partial charge in [0.1, 0.15) is 16.9 Å². The van der Waals surface area contributed by atoms with Gasteiger partial charge >= 0.3 is 5.97 Å². The van der Waals surface area contributed by atoms with Crippen molar-refractivity contribution in [2.24, 2.45) is 0 Å². The van der Waals surface area contributed by atoms with Gasteiger partial charge in [-0.05, 0) is 58.6 Å². The first-order chi connectivity index (χ1) is 9.41. The summed E-state index contributed by atoms with van der Waals surface area (Å²) < 4.78 is 5.65. The molecular formula is C17H22O3. The molecule has 3 heteroatoms. The molecule has 1 aromatic carbocycles. The molecule has 2 rings (SSSR count). The molecule has 1 aromatic rings. The van der Waals surface area contributed by atoms with E-state index in [0.29, 0.717) is 0 Å². The Morgan fingerprint density at radius 2 is 1.80 bits per heavy atom. The molecule has 1 aliphatic carbocycles. The lowest BCUT2D eigenvalue weighted by Crippen LogP contribution is -2.34. The van der Waals surface area contributed by atoms with E-state index in [1.807, 2.05) is 6.92 Å². The van der Waals surface area contributed by atoms with Gasteiger partial charge in [-0.15, -0.1) is 0 Å². The molecule has 0 unspecified atom stereocenters. The molecule has 0 saturated heterocycles. The van der Waals surface area contributed by atoms with Crippen LogP contribution >= 0.6 is 0 Å². The molecule has 0 spiro atoms. The summed E-state index contributed by atoms with van der Waals surface area (Å²) in [5.74, 6) is -0.465. The zero-order chi connectivity index (χ0) is 14.8. The number of phenolic OH excluding ortho intramolecular Hbond substituents is 1. The van der Waals surface area contributed by atoms with Crippen LogP contribution in [0, 0.1) is 0 Å². The summed E-state index contributed by atoms with van der Waals surface area (Å²) in [6.07, 6.45) is 3.64. The summed E-state index contributed by atoms with van der Waals surface area (Å²) in [5.41, 5.74) is 2.65. The minimum absolute atomic E-state index is 0.0260. The summed E-state index contributed by atoms with van der Waals surface area (Å²) in [4.78, 5) is 12.2. The minimum atomic E-state index is -0.439. The average molecular weight is 274 g/mol. The predicted octanol–water partition coefficient (Wildman–Crippen LogP) is 4.22. The third-order valence-corrected chi connectivity index (χ3v) is 4.08. The summed E-state index contributed by atoms with van der Waals surface area (Å²) in [6.45, 7) is 6.24. The molecule has 3 nitrogen and oxygen atoms in total. The first-order valence-corrected chi connectivity index (χ1v) is 7.08. The second-order valence-electron chi connectivity index (χ2n) is 5.96. The molecule has 1 aliphatic rings. The van der Waals surface area contributed by atoms with E-state index in [4.69, 9.17) is 4.74 Å². The minimum Gasteiger partial charge on any atom is -0.507 e. The van der Waals surface area contributed by atoms with E-state index >= 15 is 0 Å². The Kier molecular flexibility index (Phi) is 4.17. The van der Waals surface area contributed by atoms with Gasteiger partial charge in [-0.2, -0.15) is 0 Å². The second-order valence-corrected chi connectivity index (χ2v) is 5.96. The SMILES string of the molecule is CC(C)=C1CCC(C)(OC(=O)c2ccccc2O)CC1. The van der Waals surface area contributed by atoms with Gasteiger partial charge in [-0.1, -0.05) is 23.3 Å². The van der Waals surface area contributed by atoms with E-state index in [-0.39, 0.29) is 11.3 Å². The van der Waals surface area contributed by atoms with Crippen LogP contribution in [0.3, 0.4) is 0 Å². The third kappa shape index (κ3) is 3.21. The van der Waals surface area contributed by atoms with Crippen LogP contribution in [-0.4, -0.2) is 16.7 Å². The number of carbonyl (C=O) groups excluding carboxylic acids is 1. The Morgan fingerprint density at radius 1 is 1.20 bits per heavy atom. The van der Waals surface area contributed by atoms with Crippen molar-refractivity contribution in [3.05, 3.63) is 41.0 Å². The monoisotopic (exact) mass is 274 g/mol. The fraction of sp³-hybridized carbons (Fsp3) is 0.471. The number of esters is 1. The van der Waals surface area contributed by atoms with Gasteiger partial charge < -0.3 is 9.84 Å². The first kappa shape index (κ1) is 14.6. The summed E-state index contributed by atoms with van der Waals surface area (Å²) in [5, 5.41) is 9.70. The van der Waals surface area contributed by atoms with Gasteiger partial charge in [-0.25, -0.2) is 4.79 Å². The van der Waals surface area contributed by atoms with Gasteiger partial charge in [0.15, 0.2) is 0 Å². The number of carbonyl (C=O) groups is 1. The van der Waals surface area contributed by atoms with Crippen molar-refractivity contribution in [3.8, 4) is 5.75 Å². The van der Waals surface area contributed by atoms with Crippen LogP contribution in [0.4, 0.5) is 0 Å². The van der Waals surface area contributed by atoms with Crippen LogP contribution in [0.15, 0.2) is 35.4 Å². The molecule has 0 amide bonds. The molecule has 0 bridgehead atoms. The zero-order valence-corrected chi connectivity index (χ0v) is 12.4. The molecule has 108 valence electrons. The van der Waals surface area contributed by atoms with E-state index in [0.717, 1.165) is 25.7 Å². The Labute approximate surface area is 120 Å². The molecule has 1 saturated carbocycles. The van der Waals surface area contributed by atoms with Crippen LogP contribution in [0.5, 0.6) is 5.75 Å². The quantitative estimate of drug-likeness (QED) is 0.649. The second kappa shape index (κ2) is 5.70. The number of benzene rings is 1. The topological polar surface area (TPSA) is 46.5 Å². The third-order valence-electron chi connectivity index (χ3n) is 4.08. The molecular weight excluding hydrogens is 252 g/mol. The van der Waals surface area contributed by atoms with Crippen molar-refractivity contribution in [2.45, 2.75) is 52.1 Å². The summed E-state index contributed by atoms with van der Waals surface area (Å²) >= 11 is 0. The van der Waals surface area contributed by atoms with E-state index in [1.165, 1.54) is 17.2 Å². The number of para-hydroxylation sites is 1. The average Bonchev–Trinajstić information content (AvgIpc) is 2.39. The fourth-order valence-electron chi connectivity index (χ4n) is 2.61. The first-order valence-electron chi connectivity index (χ1n) is 7.08. The number of hydrogen-bond acceptors (Lipinski definition) is 3. The normalized spacial score (nSPS) is 22.4. The number of phenols is 1. The van der Waals surface area contributed by atoms with Crippen molar-refractivity contribution in [1.29, 1.82) is 0 Å². The molecule has 1 N–H and O–H groups in total. The van der Waals surface area contributed by atoms with Gasteiger partial charge in [0.25, 0.3) is 0 Å². The largest absolute Gasteiger partial charge is 0.507 e. The molecule has 0 aromatic heterocycles. The lowest BCUT2D eigenvalue weighted by atomic mass is 9.81. The molecule has 0 radical (unpaired) electrons. The number of ether oxygens (including phenoxy) is 1. The van der Waals surface area contributed by atoms with Crippen molar-refractivity contribution in [3.63, 3.8) is 0 Å². The number of hydrogen-bond donors (Lipinski definition) is 1. The number of rotatable bonds is 2. The van der Waals surface area contributed by atoms with Crippen molar-refractivity contribution < 1.29 is 14.6 Å². The van der Waals surface area contributed by atoms with E-state index in [9.17, 15) is 9.90 Å². The highest BCUT2D eigenvalue weighted by molar-refractivity contribution is 5.92. The Hall–Kier alpha value is -1.77. The molecule has 1 fully saturated rings. The lowest BCUT2D eigenvalue weighted by molar-refractivity contribution is -0.0222. The van der Waals surface area contributed by atoms with Crippen LogP contribution in [0.1, 0.15) is 56.8 Å². The van der Waals surface area contributed by atoms with Gasteiger partial charge in [0.05, 0.1) is 0 Å². The predicted molar refractivity (Wildman–Crippen MR) is 78.8 cm³/mol. The number of allylic oxidation sites excluding steroid dienone is 2. The fourth-order valence-corrected chi connectivity index (χ4v) is 2.61. The van der Waals surface area contributed by atoms with Crippen LogP contribution < -0.4 is 0 Å². The number of aromatic hydroxyl groups is 1. The van der Waals surface area contributed by atoms with Crippen molar-refractivity contribution in [2.75, 3.05) is 0 Å². The lowest BCUT2D eigenvalue weighted by Gasteiger charge is -2.35. The maximum atomic E-state index is 12.2. The van der Waals surface area contributed by atoms with E-state index in [1.54, 1.807) is 18.2 Å². The smallest absolute Gasteiger partial charge is 0.342 e. The Balaban J connectivity index is 2.05.